The van der Waals surface area contributed by atoms with E-state index >= 15 is 0 Å². The number of carbonyl (C=O) groups is 1. The molecule has 0 amide bonds. The van der Waals surface area contributed by atoms with Gasteiger partial charge in [0.05, 0.1) is 0 Å². The number of carboxylic acids is 1. The molecule has 4 heteroatoms. The van der Waals surface area contributed by atoms with Crippen LogP contribution in [0.25, 0.3) is 0 Å². The fraction of sp³-hybridized carbons (Fsp3) is 0.933. The van der Waals surface area contributed by atoms with Crippen molar-refractivity contribution in [2.45, 2.75) is 63.5 Å². The van der Waals surface area contributed by atoms with Gasteiger partial charge < -0.3 is 10.4 Å². The predicted octanol–water partition coefficient (Wildman–Crippen LogP) is 2.09. The fourth-order valence-electron chi connectivity index (χ4n) is 4.08. The van der Waals surface area contributed by atoms with Crippen molar-refractivity contribution in [3.8, 4) is 0 Å². The van der Waals surface area contributed by atoms with Gasteiger partial charge in [0.1, 0.15) is 5.54 Å². The van der Waals surface area contributed by atoms with Crippen LogP contribution in [0.4, 0.5) is 0 Å². The van der Waals surface area contributed by atoms with E-state index in [9.17, 15) is 9.90 Å². The topological polar surface area (TPSA) is 52.6 Å². The molecule has 19 heavy (non-hydrogen) atoms. The number of likely N-dealkylation sites (tertiary alicyclic amines) is 1. The van der Waals surface area contributed by atoms with Gasteiger partial charge in [-0.1, -0.05) is 6.42 Å². The minimum atomic E-state index is -0.677. The highest BCUT2D eigenvalue weighted by Crippen LogP contribution is 2.39. The Hall–Kier alpha value is -0.610. The Morgan fingerprint density at radius 1 is 1.37 bits per heavy atom. The lowest BCUT2D eigenvalue weighted by Crippen LogP contribution is -2.54. The maximum absolute atomic E-state index is 11.6. The standard InChI is InChI=1S/C15H28N2O2/c1-14(2)8-5-10-17(14)11-7-12-6-4-9-15(12,16-3)13(18)19/h12,16H,4-11H2,1-3H3,(H,18,19). The molecule has 1 aliphatic carbocycles. The van der Waals surface area contributed by atoms with Crippen LogP contribution in [0.2, 0.25) is 0 Å². The molecule has 0 radical (unpaired) electrons. The summed E-state index contributed by atoms with van der Waals surface area (Å²) in [6.45, 7) is 6.81. The van der Waals surface area contributed by atoms with E-state index in [0.717, 1.165) is 32.2 Å². The average Bonchev–Trinajstić information content (AvgIpc) is 2.90. The Balaban J connectivity index is 1.97. The fourth-order valence-corrected chi connectivity index (χ4v) is 4.08. The third-order valence-corrected chi connectivity index (χ3v) is 5.47. The summed E-state index contributed by atoms with van der Waals surface area (Å²) < 4.78 is 0. The van der Waals surface area contributed by atoms with Crippen molar-refractivity contribution in [2.24, 2.45) is 5.92 Å². The number of rotatable bonds is 5. The van der Waals surface area contributed by atoms with Crippen molar-refractivity contribution >= 4 is 5.97 Å². The highest BCUT2D eigenvalue weighted by Gasteiger charge is 2.48. The summed E-state index contributed by atoms with van der Waals surface area (Å²) in [5.41, 5.74) is -0.381. The van der Waals surface area contributed by atoms with Gasteiger partial charge in [-0.25, -0.2) is 0 Å². The summed E-state index contributed by atoms with van der Waals surface area (Å²) in [6, 6.07) is 0. The first-order chi connectivity index (χ1) is 8.92. The zero-order valence-corrected chi connectivity index (χ0v) is 12.5. The van der Waals surface area contributed by atoms with E-state index in [1.807, 2.05) is 0 Å². The van der Waals surface area contributed by atoms with E-state index in [4.69, 9.17) is 0 Å². The first-order valence-electron chi connectivity index (χ1n) is 7.60. The summed E-state index contributed by atoms with van der Waals surface area (Å²) >= 11 is 0. The lowest BCUT2D eigenvalue weighted by atomic mass is 9.84. The number of hydrogen-bond acceptors (Lipinski definition) is 3. The maximum Gasteiger partial charge on any atom is 0.324 e. The average molecular weight is 268 g/mol. The summed E-state index contributed by atoms with van der Waals surface area (Å²) in [7, 11) is 1.80. The molecule has 2 fully saturated rings. The third-order valence-electron chi connectivity index (χ3n) is 5.47. The SMILES string of the molecule is CNC1(C(=O)O)CCCC1CCN1CCCC1(C)C. The largest absolute Gasteiger partial charge is 0.480 e. The van der Waals surface area contributed by atoms with Crippen LogP contribution in [0, 0.1) is 5.92 Å². The number of nitrogens with one attached hydrogen (secondary N) is 1. The van der Waals surface area contributed by atoms with Crippen LogP contribution < -0.4 is 5.32 Å². The van der Waals surface area contributed by atoms with Crippen LogP contribution in [0.1, 0.15) is 52.4 Å². The molecule has 110 valence electrons. The molecule has 2 unspecified atom stereocenters. The minimum absolute atomic E-state index is 0.270. The molecule has 0 aromatic heterocycles. The summed E-state index contributed by atoms with van der Waals surface area (Å²) in [6.07, 6.45) is 6.37. The van der Waals surface area contributed by atoms with E-state index in [-0.39, 0.29) is 5.92 Å². The molecule has 4 nitrogen and oxygen atoms in total. The van der Waals surface area contributed by atoms with Crippen LogP contribution >= 0.6 is 0 Å². The first kappa shape index (κ1) is 14.8. The van der Waals surface area contributed by atoms with Crippen LogP contribution in [0.15, 0.2) is 0 Å². The Morgan fingerprint density at radius 3 is 2.63 bits per heavy atom. The lowest BCUT2D eigenvalue weighted by Gasteiger charge is -2.35. The predicted molar refractivity (Wildman–Crippen MR) is 76.3 cm³/mol. The number of aliphatic carboxylic acids is 1. The van der Waals surface area contributed by atoms with Gasteiger partial charge >= 0.3 is 5.97 Å². The molecule has 0 spiro atoms. The lowest BCUT2D eigenvalue weighted by molar-refractivity contribution is -0.146. The molecule has 0 aromatic carbocycles. The van der Waals surface area contributed by atoms with Gasteiger partial charge in [-0.15, -0.1) is 0 Å². The zero-order valence-electron chi connectivity index (χ0n) is 12.5. The first-order valence-corrected chi connectivity index (χ1v) is 7.60. The highest BCUT2D eigenvalue weighted by atomic mass is 16.4. The van der Waals surface area contributed by atoms with Gasteiger partial charge in [-0.2, -0.15) is 0 Å². The van der Waals surface area contributed by atoms with Crippen LogP contribution in [0.5, 0.6) is 0 Å². The normalized spacial score (nSPS) is 34.8. The number of carboxylic acid groups (broad SMARTS) is 1. The Kier molecular flexibility index (Phi) is 4.21. The van der Waals surface area contributed by atoms with Crippen molar-refractivity contribution < 1.29 is 9.90 Å². The molecule has 0 bridgehead atoms. The molecule has 0 aromatic rings. The van der Waals surface area contributed by atoms with E-state index in [1.54, 1.807) is 7.05 Å². The molecular formula is C15H28N2O2. The Labute approximate surface area is 116 Å². The molecule has 2 atom stereocenters. The van der Waals surface area contributed by atoms with E-state index in [2.05, 4.69) is 24.1 Å². The van der Waals surface area contributed by atoms with Crippen LogP contribution in [-0.2, 0) is 4.79 Å². The maximum atomic E-state index is 11.6. The Bertz CT molecular complexity index is 343. The Morgan fingerprint density at radius 2 is 2.11 bits per heavy atom. The second kappa shape index (κ2) is 5.41. The van der Waals surface area contributed by atoms with Crippen molar-refractivity contribution in [3.05, 3.63) is 0 Å². The van der Waals surface area contributed by atoms with E-state index in [0.29, 0.717) is 5.54 Å². The van der Waals surface area contributed by atoms with Crippen molar-refractivity contribution in [3.63, 3.8) is 0 Å². The number of hydrogen-bond donors (Lipinski definition) is 2. The summed E-state index contributed by atoms with van der Waals surface area (Å²) in [5, 5.41) is 12.7. The van der Waals surface area contributed by atoms with Gasteiger partial charge in [-0.05, 0) is 72.0 Å². The molecule has 2 N–H and O–H groups in total. The second-order valence-corrected chi connectivity index (χ2v) is 6.81. The van der Waals surface area contributed by atoms with Gasteiger partial charge in [0.2, 0.25) is 0 Å². The van der Waals surface area contributed by atoms with E-state index in [1.165, 1.54) is 19.4 Å². The molecule has 1 heterocycles. The molecule has 1 saturated carbocycles. The summed E-state index contributed by atoms with van der Waals surface area (Å²) in [4.78, 5) is 14.1. The van der Waals surface area contributed by atoms with Gasteiger partial charge in [0, 0.05) is 5.54 Å². The van der Waals surface area contributed by atoms with Crippen molar-refractivity contribution in [1.82, 2.24) is 10.2 Å². The molecule has 1 saturated heterocycles. The molecular weight excluding hydrogens is 240 g/mol. The molecule has 2 rings (SSSR count). The second-order valence-electron chi connectivity index (χ2n) is 6.81. The van der Waals surface area contributed by atoms with Crippen LogP contribution in [0.3, 0.4) is 0 Å². The van der Waals surface area contributed by atoms with Crippen LogP contribution in [-0.4, -0.2) is 47.2 Å². The monoisotopic (exact) mass is 268 g/mol. The van der Waals surface area contributed by atoms with E-state index < -0.39 is 11.5 Å². The highest BCUT2D eigenvalue weighted by molar-refractivity contribution is 5.79. The molecule has 2 aliphatic rings. The number of nitrogens with zero attached hydrogens (tertiary/aromatic N) is 1. The zero-order chi connectivity index (χ0) is 14.1. The smallest absolute Gasteiger partial charge is 0.324 e. The van der Waals surface area contributed by atoms with Crippen molar-refractivity contribution in [2.75, 3.05) is 20.1 Å². The third kappa shape index (κ3) is 2.65. The number of likely N-dealkylation sites (N-methyl/N-ethyl adjacent to an activating group) is 1. The summed E-state index contributed by atoms with van der Waals surface area (Å²) in [5.74, 6) is -0.399. The molecule has 1 aliphatic heterocycles. The minimum Gasteiger partial charge on any atom is -0.480 e. The van der Waals surface area contributed by atoms with Gasteiger partial charge in [0.25, 0.3) is 0 Å². The van der Waals surface area contributed by atoms with Gasteiger partial charge in [-0.3, -0.25) is 9.69 Å². The quantitative estimate of drug-likeness (QED) is 0.801. The van der Waals surface area contributed by atoms with Gasteiger partial charge in [0.15, 0.2) is 0 Å². The van der Waals surface area contributed by atoms with Crippen molar-refractivity contribution in [1.29, 1.82) is 0 Å².